The molecule has 0 spiro atoms. The molecule has 0 unspecified atom stereocenters. The molecule has 6 rings (SSSR count). The van der Waals surface area contributed by atoms with Crippen molar-refractivity contribution < 1.29 is 23.9 Å². The molecule has 0 nitrogen and oxygen atoms in total. The Bertz CT molecular complexity index is 1750. The fourth-order valence-electron chi connectivity index (χ4n) is 6.36. The van der Waals surface area contributed by atoms with Gasteiger partial charge in [0.05, 0.1) is 0 Å². The summed E-state index contributed by atoms with van der Waals surface area (Å²) in [6.07, 6.45) is 11.0. The Morgan fingerprint density at radius 3 is 1.40 bits per heavy atom. The van der Waals surface area contributed by atoms with Gasteiger partial charge in [0.2, 0.25) is 0 Å². The summed E-state index contributed by atoms with van der Waals surface area (Å²) in [7, 11) is 0. The third-order valence-electron chi connectivity index (χ3n) is 9.09. The third-order valence-corrected chi connectivity index (χ3v) is 11.7. The molecule has 0 saturated carbocycles. The van der Waals surface area contributed by atoms with Crippen molar-refractivity contribution in [3.05, 3.63) is 152 Å². The number of hydrogen-bond donors (Lipinski definition) is 0. The van der Waals surface area contributed by atoms with Gasteiger partial charge < -0.3 is 0 Å². The van der Waals surface area contributed by atoms with E-state index in [2.05, 4.69) is 144 Å². The second-order valence-electron chi connectivity index (χ2n) is 17.6. The number of allylic oxidation sites excluding steroid dienone is 4. The summed E-state index contributed by atoms with van der Waals surface area (Å²) in [6, 6.07) is 27.3. The number of benzene rings is 4. The van der Waals surface area contributed by atoms with Gasteiger partial charge in [-0.2, -0.15) is 23.8 Å². The predicted molar refractivity (Wildman–Crippen MR) is 231 cm³/mol. The Labute approximate surface area is 352 Å². The van der Waals surface area contributed by atoms with Crippen LogP contribution < -0.4 is 0 Å². The maximum Gasteiger partial charge on any atom is -0.109 e. The van der Waals surface area contributed by atoms with E-state index in [1.54, 1.807) is 0 Å². The molecule has 0 N–H and O–H groups in total. The summed E-state index contributed by atoms with van der Waals surface area (Å²) in [6.45, 7) is 28.0. The first-order valence-corrected chi connectivity index (χ1v) is 20.2. The van der Waals surface area contributed by atoms with Crippen LogP contribution in [0.15, 0.2) is 85.0 Å². The standard InChI is InChI=1S/C29H41.C13H8Cl2.C5H5.2ClH.Hf/c1-26(2,3)22-14-18-13-19-15-23(27(4,5)6)25(29(10,11)12)17-21(19)20(18)16-24(22)28(7,8)9;14-12-5-1-10(2-6-12)9-11-3-7-13(15)8-4-11;1-2-4-5-3-1;;;/h14,16-17H,13H2,1-12H3;1-8H;1-3H,4H2;2*1H;/q-1;;-1;;;+2. The molecule has 2 aliphatic carbocycles. The normalized spacial score (nSPS) is 13.1. The van der Waals surface area contributed by atoms with E-state index in [1.807, 2.05) is 36.4 Å². The van der Waals surface area contributed by atoms with Gasteiger partial charge in [0, 0.05) is 0 Å². The maximum absolute atomic E-state index is 5.87. The minimum atomic E-state index is 0. The minimum absolute atomic E-state index is 0. The molecule has 276 valence electrons. The Hall–Kier alpha value is -1.74. The molecular formula is C47H56Cl4Hf. The van der Waals surface area contributed by atoms with Crippen molar-refractivity contribution in [2.24, 2.45) is 0 Å². The molecular weight excluding hydrogens is 885 g/mol. The summed E-state index contributed by atoms with van der Waals surface area (Å²) in [5.41, 5.74) is 14.4. The molecule has 4 aromatic rings. The van der Waals surface area contributed by atoms with Crippen molar-refractivity contribution in [2.45, 2.75) is 118 Å². The summed E-state index contributed by atoms with van der Waals surface area (Å²) in [5.74, 6) is 0. The quantitative estimate of drug-likeness (QED) is 0.122. The van der Waals surface area contributed by atoms with Crippen molar-refractivity contribution in [2.75, 3.05) is 0 Å². The topological polar surface area (TPSA) is 0 Å². The van der Waals surface area contributed by atoms with Crippen LogP contribution in [0.4, 0.5) is 0 Å². The first-order chi connectivity index (χ1) is 23.1. The summed E-state index contributed by atoms with van der Waals surface area (Å²) in [4.78, 5) is 0. The number of hydrogen-bond acceptors (Lipinski definition) is 0. The molecule has 0 aromatic heterocycles. The first kappa shape index (κ1) is 46.4. The van der Waals surface area contributed by atoms with Crippen molar-refractivity contribution in [3.63, 3.8) is 0 Å². The predicted octanol–water partition coefficient (Wildman–Crippen LogP) is 14.5. The zero-order chi connectivity index (χ0) is 37.2. The van der Waals surface area contributed by atoms with E-state index in [-0.39, 0.29) is 46.5 Å². The molecule has 5 heteroatoms. The second kappa shape index (κ2) is 18.3. The molecule has 0 radical (unpaired) electrons. The van der Waals surface area contributed by atoms with Crippen LogP contribution in [0.25, 0.3) is 11.1 Å². The van der Waals surface area contributed by atoms with Crippen LogP contribution in [-0.2, 0) is 52.0 Å². The molecule has 4 aromatic carbocycles. The zero-order valence-electron chi connectivity index (χ0n) is 33.1. The molecule has 0 bridgehead atoms. The molecule has 0 amide bonds. The Morgan fingerprint density at radius 2 is 1.04 bits per heavy atom. The third kappa shape index (κ3) is 11.9. The molecule has 2 aliphatic rings. The van der Waals surface area contributed by atoms with Crippen LogP contribution in [0.3, 0.4) is 0 Å². The van der Waals surface area contributed by atoms with E-state index in [4.69, 9.17) is 23.2 Å². The van der Waals surface area contributed by atoms with Gasteiger partial charge in [-0.25, -0.2) is 12.2 Å². The monoisotopic (exact) mass is 940 g/mol. The average molecular weight is 941 g/mol. The maximum atomic E-state index is 5.87. The number of rotatable bonds is 2. The smallest absolute Gasteiger partial charge is 0.109 e. The zero-order valence-corrected chi connectivity index (χ0v) is 39.8. The largest absolute Gasteiger partial charge is 0.273 e. The van der Waals surface area contributed by atoms with Gasteiger partial charge in [-0.3, -0.25) is 6.08 Å². The van der Waals surface area contributed by atoms with Crippen LogP contribution in [0.2, 0.25) is 10.0 Å². The molecule has 0 fully saturated rings. The second-order valence-corrected chi connectivity index (χ2v) is 20.2. The SMILES string of the molecule is CC(C)(C)c1[c-]c2c(cc1C(C)(C)C)-c1cc(C(C)(C)C)c(C(C)(C)C)cc1C2.Cl.Cl.Clc1ccc([C](=[Hf+2])c2ccc(Cl)cc2)cc1.[C-]1=CC=CC1. The molecule has 0 heterocycles. The van der Waals surface area contributed by atoms with Crippen molar-refractivity contribution in [1.29, 1.82) is 0 Å². The summed E-state index contributed by atoms with van der Waals surface area (Å²) < 4.78 is 1.35. The van der Waals surface area contributed by atoms with E-state index in [1.165, 1.54) is 58.9 Å². The summed E-state index contributed by atoms with van der Waals surface area (Å²) >= 11 is 12.7. The van der Waals surface area contributed by atoms with Crippen LogP contribution in [0.5, 0.6) is 0 Å². The Kier molecular flexibility index (Phi) is 16.3. The van der Waals surface area contributed by atoms with E-state index >= 15 is 0 Å². The van der Waals surface area contributed by atoms with E-state index < -0.39 is 0 Å². The van der Waals surface area contributed by atoms with Gasteiger partial charge in [-0.1, -0.05) is 106 Å². The van der Waals surface area contributed by atoms with Gasteiger partial charge >= 0.3 is 120 Å². The van der Waals surface area contributed by atoms with Gasteiger partial charge in [0.25, 0.3) is 0 Å². The van der Waals surface area contributed by atoms with Crippen molar-refractivity contribution >= 4 is 51.3 Å². The Morgan fingerprint density at radius 1 is 0.596 bits per heavy atom. The van der Waals surface area contributed by atoms with Crippen molar-refractivity contribution in [3.8, 4) is 11.1 Å². The average Bonchev–Trinajstić information content (AvgIpc) is 3.71. The van der Waals surface area contributed by atoms with Crippen LogP contribution >= 0.6 is 48.0 Å². The van der Waals surface area contributed by atoms with Crippen LogP contribution in [0, 0.1) is 12.1 Å². The van der Waals surface area contributed by atoms with Gasteiger partial charge in [-0.05, 0) is 39.4 Å². The Balaban J connectivity index is 0.000000340. The number of halogens is 4. The molecule has 52 heavy (non-hydrogen) atoms. The van der Waals surface area contributed by atoms with Gasteiger partial charge in [0.1, 0.15) is 0 Å². The minimum Gasteiger partial charge on any atom is -0.273 e. The molecule has 0 saturated heterocycles. The number of fused-ring (bicyclic) bond motifs is 3. The molecule has 0 aliphatic heterocycles. The van der Waals surface area contributed by atoms with E-state index in [9.17, 15) is 0 Å². The van der Waals surface area contributed by atoms with Gasteiger partial charge in [0.15, 0.2) is 0 Å². The fraction of sp³-hybridized carbons (Fsp3) is 0.383. The van der Waals surface area contributed by atoms with E-state index in [0.717, 1.165) is 46.8 Å². The van der Waals surface area contributed by atoms with Gasteiger partial charge in [-0.15, -0.1) is 47.9 Å². The summed E-state index contributed by atoms with van der Waals surface area (Å²) in [5, 5.41) is 1.55. The van der Waals surface area contributed by atoms with Crippen molar-refractivity contribution in [1.82, 2.24) is 0 Å². The van der Waals surface area contributed by atoms with Crippen LogP contribution in [-0.4, -0.2) is 3.26 Å². The van der Waals surface area contributed by atoms with Crippen LogP contribution in [0.1, 0.15) is 134 Å². The first-order valence-electron chi connectivity index (χ1n) is 17.7. The molecule has 0 atom stereocenters. The fourth-order valence-corrected chi connectivity index (χ4v) is 7.81. The van der Waals surface area contributed by atoms with E-state index in [0.29, 0.717) is 0 Å².